The lowest BCUT2D eigenvalue weighted by Gasteiger charge is -2.25. The van der Waals surface area contributed by atoms with Crippen LogP contribution in [0.25, 0.3) is 0 Å². The summed E-state index contributed by atoms with van der Waals surface area (Å²) in [5.41, 5.74) is -0.198. The first-order valence-electron chi connectivity index (χ1n) is 7.85. The van der Waals surface area contributed by atoms with Crippen LogP contribution in [0.1, 0.15) is 33.3 Å². The molecule has 0 saturated carbocycles. The van der Waals surface area contributed by atoms with Crippen molar-refractivity contribution in [2.24, 2.45) is 0 Å². The Morgan fingerprint density at radius 2 is 1.96 bits per heavy atom. The zero-order valence-corrected chi connectivity index (χ0v) is 15.2. The molecule has 0 heterocycles. The van der Waals surface area contributed by atoms with E-state index in [0.29, 0.717) is 11.3 Å². The van der Waals surface area contributed by atoms with Gasteiger partial charge in [-0.05, 0) is 45.9 Å². The molecule has 0 aromatic heterocycles. The second-order valence-electron chi connectivity index (χ2n) is 6.26. The van der Waals surface area contributed by atoms with Crippen LogP contribution in [0, 0.1) is 5.82 Å². The number of carbonyl (C=O) groups is 2. The smallest absolute Gasteiger partial charge is 0.410 e. The Bertz CT molecular complexity index is 637. The molecule has 1 amide bonds. The molecular formula is C18H24FNO5. The van der Waals surface area contributed by atoms with E-state index >= 15 is 0 Å². The van der Waals surface area contributed by atoms with Crippen molar-refractivity contribution < 1.29 is 28.2 Å². The van der Waals surface area contributed by atoms with Crippen LogP contribution in [-0.4, -0.2) is 36.2 Å². The highest BCUT2D eigenvalue weighted by atomic mass is 19.1. The fourth-order valence-corrected chi connectivity index (χ4v) is 1.80. The third kappa shape index (κ3) is 7.69. The van der Waals surface area contributed by atoms with Gasteiger partial charge in [-0.3, -0.25) is 0 Å². The van der Waals surface area contributed by atoms with E-state index in [1.165, 1.54) is 30.1 Å². The van der Waals surface area contributed by atoms with Crippen molar-refractivity contribution >= 4 is 12.1 Å². The number of hydrogen-bond acceptors (Lipinski definition) is 5. The molecule has 0 atom stereocenters. The van der Waals surface area contributed by atoms with Crippen LogP contribution < -0.4 is 4.74 Å². The number of halogens is 1. The molecule has 1 rings (SSSR count). The van der Waals surface area contributed by atoms with Crippen molar-refractivity contribution in [3.05, 3.63) is 41.9 Å². The zero-order valence-electron chi connectivity index (χ0n) is 15.2. The van der Waals surface area contributed by atoms with Crippen LogP contribution in [0.5, 0.6) is 5.75 Å². The molecule has 0 bridgehead atoms. The van der Waals surface area contributed by atoms with E-state index in [-0.39, 0.29) is 13.2 Å². The Kier molecular flexibility index (Phi) is 7.42. The molecular weight excluding hydrogens is 329 g/mol. The number of carbonyl (C=O) groups excluding carboxylic acids is 2. The summed E-state index contributed by atoms with van der Waals surface area (Å²) < 4.78 is 28.9. The highest BCUT2D eigenvalue weighted by Gasteiger charge is 2.20. The van der Waals surface area contributed by atoms with Crippen LogP contribution in [-0.2, 0) is 20.8 Å². The lowest BCUT2D eigenvalue weighted by molar-refractivity contribution is -0.137. The van der Waals surface area contributed by atoms with Crippen LogP contribution >= 0.6 is 0 Å². The van der Waals surface area contributed by atoms with E-state index < -0.39 is 23.5 Å². The molecule has 6 nitrogen and oxygen atoms in total. The SMILES string of the molecule is CCOC(=O)C=COc1ccc(F)cc1CN(C)C(=O)OC(C)(C)C. The molecule has 7 heteroatoms. The first-order chi connectivity index (χ1) is 11.6. The molecule has 0 saturated heterocycles. The van der Waals surface area contributed by atoms with Gasteiger partial charge >= 0.3 is 12.1 Å². The number of hydrogen-bond donors (Lipinski definition) is 0. The first-order valence-corrected chi connectivity index (χ1v) is 7.85. The van der Waals surface area contributed by atoms with Crippen molar-refractivity contribution in [2.45, 2.75) is 39.8 Å². The van der Waals surface area contributed by atoms with Crippen molar-refractivity contribution in [2.75, 3.05) is 13.7 Å². The van der Waals surface area contributed by atoms with Gasteiger partial charge < -0.3 is 19.1 Å². The van der Waals surface area contributed by atoms with Gasteiger partial charge in [0, 0.05) is 12.6 Å². The fraction of sp³-hybridized carbons (Fsp3) is 0.444. The average Bonchev–Trinajstić information content (AvgIpc) is 2.48. The van der Waals surface area contributed by atoms with Gasteiger partial charge in [-0.2, -0.15) is 0 Å². The number of esters is 1. The molecule has 0 spiro atoms. The van der Waals surface area contributed by atoms with Crippen LogP contribution in [0.2, 0.25) is 0 Å². The largest absolute Gasteiger partial charge is 0.464 e. The summed E-state index contributed by atoms with van der Waals surface area (Å²) in [6.45, 7) is 7.30. The van der Waals surface area contributed by atoms with Gasteiger partial charge in [-0.1, -0.05) is 0 Å². The molecule has 25 heavy (non-hydrogen) atoms. The molecule has 0 radical (unpaired) electrons. The molecule has 0 aliphatic heterocycles. The number of ether oxygens (including phenoxy) is 3. The van der Waals surface area contributed by atoms with E-state index in [1.54, 1.807) is 27.7 Å². The summed E-state index contributed by atoms with van der Waals surface area (Å²) in [7, 11) is 1.54. The minimum Gasteiger partial charge on any atom is -0.464 e. The predicted octanol–water partition coefficient (Wildman–Crippen LogP) is 3.65. The summed E-state index contributed by atoms with van der Waals surface area (Å²) in [6, 6.07) is 3.90. The molecule has 0 unspecified atom stereocenters. The quantitative estimate of drug-likeness (QED) is 0.444. The maximum atomic E-state index is 13.5. The molecule has 0 N–H and O–H groups in total. The Morgan fingerprint density at radius 1 is 1.28 bits per heavy atom. The van der Waals surface area contributed by atoms with Gasteiger partial charge in [0.25, 0.3) is 0 Å². The van der Waals surface area contributed by atoms with Crippen molar-refractivity contribution in [3.63, 3.8) is 0 Å². The Balaban J connectivity index is 2.83. The number of nitrogens with zero attached hydrogens (tertiary/aromatic N) is 1. The van der Waals surface area contributed by atoms with Gasteiger partial charge in [0.1, 0.15) is 17.2 Å². The van der Waals surface area contributed by atoms with Crippen molar-refractivity contribution in [1.82, 2.24) is 4.90 Å². The van der Waals surface area contributed by atoms with E-state index in [2.05, 4.69) is 0 Å². The highest BCUT2D eigenvalue weighted by Crippen LogP contribution is 2.22. The molecule has 1 aromatic rings. The van der Waals surface area contributed by atoms with E-state index in [1.807, 2.05) is 0 Å². The van der Waals surface area contributed by atoms with Crippen LogP contribution in [0.3, 0.4) is 0 Å². The Labute approximate surface area is 147 Å². The highest BCUT2D eigenvalue weighted by molar-refractivity contribution is 5.81. The van der Waals surface area contributed by atoms with Crippen LogP contribution in [0.15, 0.2) is 30.5 Å². The number of rotatable bonds is 6. The first kappa shape index (κ1) is 20.5. The maximum Gasteiger partial charge on any atom is 0.410 e. The van der Waals surface area contributed by atoms with E-state index in [0.717, 1.165) is 12.3 Å². The number of amides is 1. The maximum absolute atomic E-state index is 13.5. The topological polar surface area (TPSA) is 65.1 Å². The second-order valence-corrected chi connectivity index (χ2v) is 6.26. The van der Waals surface area contributed by atoms with Gasteiger partial charge in [-0.25, -0.2) is 14.0 Å². The van der Waals surface area contributed by atoms with Gasteiger partial charge in [0.2, 0.25) is 0 Å². The molecule has 0 fully saturated rings. The molecule has 0 aliphatic carbocycles. The van der Waals surface area contributed by atoms with Crippen LogP contribution in [0.4, 0.5) is 9.18 Å². The lowest BCUT2D eigenvalue weighted by atomic mass is 10.2. The zero-order chi connectivity index (χ0) is 19.0. The minimum absolute atomic E-state index is 0.0786. The lowest BCUT2D eigenvalue weighted by Crippen LogP contribution is -2.33. The second kappa shape index (κ2) is 9.05. The third-order valence-electron chi connectivity index (χ3n) is 2.82. The summed E-state index contributed by atoms with van der Waals surface area (Å²) in [6.07, 6.45) is 1.74. The summed E-state index contributed by atoms with van der Waals surface area (Å²) in [5, 5.41) is 0. The van der Waals surface area contributed by atoms with Crippen molar-refractivity contribution in [1.29, 1.82) is 0 Å². The normalized spacial score (nSPS) is 11.3. The summed E-state index contributed by atoms with van der Waals surface area (Å²) in [4.78, 5) is 24.6. The summed E-state index contributed by atoms with van der Waals surface area (Å²) >= 11 is 0. The van der Waals surface area contributed by atoms with E-state index in [9.17, 15) is 14.0 Å². The van der Waals surface area contributed by atoms with Gasteiger partial charge in [0.05, 0.1) is 25.5 Å². The Hall–Kier alpha value is -2.57. The van der Waals surface area contributed by atoms with E-state index in [4.69, 9.17) is 14.2 Å². The predicted molar refractivity (Wildman–Crippen MR) is 90.5 cm³/mol. The monoisotopic (exact) mass is 353 g/mol. The fourth-order valence-electron chi connectivity index (χ4n) is 1.80. The average molecular weight is 353 g/mol. The standard InChI is InChI=1S/C18H24FNO5/c1-6-23-16(21)9-10-24-15-8-7-14(19)11-13(15)12-20(5)17(22)25-18(2,3)4/h7-11H,6,12H2,1-5H3. The molecule has 138 valence electrons. The Morgan fingerprint density at radius 3 is 2.56 bits per heavy atom. The van der Waals surface area contributed by atoms with Gasteiger partial charge in [-0.15, -0.1) is 0 Å². The minimum atomic E-state index is -0.630. The van der Waals surface area contributed by atoms with Crippen molar-refractivity contribution in [3.8, 4) is 5.75 Å². The number of benzene rings is 1. The molecule has 1 aromatic carbocycles. The van der Waals surface area contributed by atoms with Gasteiger partial charge in [0.15, 0.2) is 0 Å². The summed E-state index contributed by atoms with van der Waals surface area (Å²) in [5.74, 6) is -0.691. The molecule has 0 aliphatic rings. The third-order valence-corrected chi connectivity index (χ3v) is 2.82.